The number of aromatic nitrogens is 1. The lowest BCUT2D eigenvalue weighted by molar-refractivity contribution is -0.00548. The van der Waals surface area contributed by atoms with Crippen molar-refractivity contribution in [3.63, 3.8) is 0 Å². The van der Waals surface area contributed by atoms with E-state index in [1.54, 1.807) is 0 Å². The Bertz CT molecular complexity index is 483. The average molecular weight is 245 g/mol. The van der Waals surface area contributed by atoms with Gasteiger partial charge in [0.15, 0.2) is 0 Å². The Morgan fingerprint density at radius 2 is 1.94 bits per heavy atom. The zero-order valence-electron chi connectivity index (χ0n) is 11.4. The number of morpholine rings is 1. The predicted molar refractivity (Wildman–Crippen MR) is 70.6 cm³/mol. The van der Waals surface area contributed by atoms with E-state index < -0.39 is 0 Å². The van der Waals surface area contributed by atoms with Crippen LogP contribution < -0.4 is 4.90 Å². The second-order valence-electron chi connectivity index (χ2n) is 5.05. The lowest BCUT2D eigenvalue weighted by Gasteiger charge is -2.36. The van der Waals surface area contributed by atoms with Crippen molar-refractivity contribution >= 4 is 5.82 Å². The summed E-state index contributed by atoms with van der Waals surface area (Å²) in [5.41, 5.74) is 2.63. The van der Waals surface area contributed by atoms with E-state index in [-0.39, 0.29) is 12.2 Å². The van der Waals surface area contributed by atoms with Gasteiger partial charge in [-0.15, -0.1) is 0 Å². The molecule has 0 aliphatic carbocycles. The van der Waals surface area contributed by atoms with Gasteiger partial charge in [0.25, 0.3) is 0 Å². The zero-order valence-corrected chi connectivity index (χ0v) is 11.4. The van der Waals surface area contributed by atoms with Crippen molar-refractivity contribution in [2.75, 3.05) is 18.0 Å². The van der Waals surface area contributed by atoms with Crippen LogP contribution in [0.1, 0.15) is 30.7 Å². The number of nitriles is 1. The average Bonchev–Trinajstić information content (AvgIpc) is 2.26. The molecule has 0 N–H and O–H groups in total. The Morgan fingerprint density at radius 3 is 2.50 bits per heavy atom. The van der Waals surface area contributed by atoms with Gasteiger partial charge in [-0.05, 0) is 39.3 Å². The van der Waals surface area contributed by atoms with Gasteiger partial charge in [-0.25, -0.2) is 4.98 Å². The minimum Gasteiger partial charge on any atom is -0.372 e. The third-order valence-electron chi connectivity index (χ3n) is 3.16. The van der Waals surface area contributed by atoms with Gasteiger partial charge < -0.3 is 9.64 Å². The molecule has 1 fully saturated rings. The van der Waals surface area contributed by atoms with Gasteiger partial charge in [0.2, 0.25) is 0 Å². The van der Waals surface area contributed by atoms with Crippen molar-refractivity contribution in [2.45, 2.75) is 39.9 Å². The fraction of sp³-hybridized carbons (Fsp3) is 0.571. The minimum absolute atomic E-state index is 0.169. The van der Waals surface area contributed by atoms with Gasteiger partial charge in [0.1, 0.15) is 11.9 Å². The molecule has 4 nitrogen and oxygen atoms in total. The van der Waals surface area contributed by atoms with E-state index in [9.17, 15) is 5.26 Å². The van der Waals surface area contributed by atoms with E-state index in [0.29, 0.717) is 5.56 Å². The van der Waals surface area contributed by atoms with Gasteiger partial charge in [-0.1, -0.05) is 0 Å². The standard InChI is InChI=1S/C14H19N3O/c1-9-5-10(2)16-14(13(9)6-15)17-7-11(3)18-12(4)8-17/h5,11-12H,7-8H2,1-4H3/t11-,12+. The van der Waals surface area contributed by atoms with Crippen LogP contribution in [0.5, 0.6) is 0 Å². The van der Waals surface area contributed by atoms with Crippen LogP contribution in [0.25, 0.3) is 0 Å². The molecule has 1 aromatic heterocycles. The summed E-state index contributed by atoms with van der Waals surface area (Å²) in [6, 6.07) is 4.23. The number of nitrogens with zero attached hydrogens (tertiary/aromatic N) is 3. The predicted octanol–water partition coefficient (Wildman–Crippen LogP) is 2.18. The van der Waals surface area contributed by atoms with Crippen LogP contribution in [0.2, 0.25) is 0 Å². The number of aryl methyl sites for hydroxylation is 2. The fourth-order valence-electron chi connectivity index (χ4n) is 2.53. The lowest BCUT2D eigenvalue weighted by Crippen LogP contribution is -2.46. The molecule has 2 heterocycles. The molecule has 0 saturated carbocycles. The smallest absolute Gasteiger partial charge is 0.147 e. The zero-order chi connectivity index (χ0) is 13.3. The Labute approximate surface area is 108 Å². The monoisotopic (exact) mass is 245 g/mol. The van der Waals surface area contributed by atoms with Gasteiger partial charge in [0, 0.05) is 18.8 Å². The molecule has 1 aromatic rings. The molecular formula is C14H19N3O. The first-order valence-electron chi connectivity index (χ1n) is 6.30. The van der Waals surface area contributed by atoms with Crippen molar-refractivity contribution in [3.8, 4) is 6.07 Å². The highest BCUT2D eigenvalue weighted by Crippen LogP contribution is 2.25. The van der Waals surface area contributed by atoms with E-state index in [0.717, 1.165) is 30.2 Å². The second kappa shape index (κ2) is 4.95. The summed E-state index contributed by atoms with van der Waals surface area (Å²) in [7, 11) is 0. The van der Waals surface area contributed by atoms with E-state index in [1.165, 1.54) is 0 Å². The van der Waals surface area contributed by atoms with Crippen LogP contribution >= 0.6 is 0 Å². The highest BCUT2D eigenvalue weighted by molar-refractivity contribution is 5.58. The van der Waals surface area contributed by atoms with Crippen molar-refractivity contribution in [3.05, 3.63) is 22.9 Å². The van der Waals surface area contributed by atoms with Crippen LogP contribution in [0.4, 0.5) is 5.82 Å². The lowest BCUT2D eigenvalue weighted by atomic mass is 10.1. The molecule has 1 aliphatic rings. The van der Waals surface area contributed by atoms with Crippen LogP contribution in [0, 0.1) is 25.2 Å². The number of ether oxygens (including phenoxy) is 1. The van der Waals surface area contributed by atoms with E-state index in [1.807, 2.05) is 19.9 Å². The topological polar surface area (TPSA) is 49.2 Å². The van der Waals surface area contributed by atoms with Crippen LogP contribution in [-0.4, -0.2) is 30.3 Å². The maximum absolute atomic E-state index is 9.30. The summed E-state index contributed by atoms with van der Waals surface area (Å²) in [5.74, 6) is 0.803. The molecule has 2 atom stereocenters. The summed E-state index contributed by atoms with van der Waals surface area (Å²) in [6.07, 6.45) is 0.339. The summed E-state index contributed by atoms with van der Waals surface area (Å²) < 4.78 is 5.72. The number of anilines is 1. The van der Waals surface area contributed by atoms with Crippen LogP contribution in [0.3, 0.4) is 0 Å². The molecule has 1 aliphatic heterocycles. The SMILES string of the molecule is Cc1cc(C)c(C#N)c(N2C[C@@H](C)O[C@@H](C)C2)n1. The number of hydrogen-bond donors (Lipinski definition) is 0. The van der Waals surface area contributed by atoms with Crippen molar-refractivity contribution in [1.29, 1.82) is 5.26 Å². The molecule has 0 aromatic carbocycles. The van der Waals surface area contributed by atoms with Gasteiger partial charge >= 0.3 is 0 Å². The fourth-order valence-corrected chi connectivity index (χ4v) is 2.53. The van der Waals surface area contributed by atoms with Crippen LogP contribution in [-0.2, 0) is 4.74 Å². The van der Waals surface area contributed by atoms with Gasteiger partial charge in [0.05, 0.1) is 17.8 Å². The summed E-state index contributed by atoms with van der Waals surface area (Å²) in [6.45, 7) is 9.60. The van der Waals surface area contributed by atoms with Gasteiger partial charge in [-0.3, -0.25) is 0 Å². The first kappa shape index (κ1) is 12.8. The first-order chi connectivity index (χ1) is 8.51. The maximum atomic E-state index is 9.30. The molecular weight excluding hydrogens is 226 g/mol. The number of hydrogen-bond acceptors (Lipinski definition) is 4. The molecule has 0 amide bonds. The Balaban J connectivity index is 2.41. The highest BCUT2D eigenvalue weighted by atomic mass is 16.5. The van der Waals surface area contributed by atoms with Gasteiger partial charge in [-0.2, -0.15) is 5.26 Å². The Morgan fingerprint density at radius 1 is 1.33 bits per heavy atom. The molecule has 0 unspecified atom stereocenters. The molecule has 0 spiro atoms. The van der Waals surface area contributed by atoms with Crippen molar-refractivity contribution < 1.29 is 4.74 Å². The minimum atomic E-state index is 0.169. The van der Waals surface area contributed by atoms with Crippen molar-refractivity contribution in [2.24, 2.45) is 0 Å². The van der Waals surface area contributed by atoms with Crippen molar-refractivity contribution in [1.82, 2.24) is 4.98 Å². The largest absolute Gasteiger partial charge is 0.372 e. The van der Waals surface area contributed by atoms with E-state index in [2.05, 4.69) is 29.8 Å². The Hall–Kier alpha value is -1.60. The molecule has 0 bridgehead atoms. The quantitative estimate of drug-likeness (QED) is 0.761. The number of pyridine rings is 1. The number of rotatable bonds is 1. The summed E-state index contributed by atoms with van der Waals surface area (Å²) in [5, 5.41) is 9.30. The van der Waals surface area contributed by atoms with Crippen LogP contribution in [0.15, 0.2) is 6.07 Å². The third kappa shape index (κ3) is 2.46. The molecule has 96 valence electrons. The summed E-state index contributed by atoms with van der Waals surface area (Å²) >= 11 is 0. The normalized spacial score (nSPS) is 23.8. The third-order valence-corrected chi connectivity index (χ3v) is 3.16. The van der Waals surface area contributed by atoms with E-state index in [4.69, 9.17) is 4.74 Å². The molecule has 18 heavy (non-hydrogen) atoms. The maximum Gasteiger partial charge on any atom is 0.147 e. The molecule has 0 radical (unpaired) electrons. The molecule has 2 rings (SSSR count). The summed E-state index contributed by atoms with van der Waals surface area (Å²) in [4.78, 5) is 6.71. The second-order valence-corrected chi connectivity index (χ2v) is 5.05. The van der Waals surface area contributed by atoms with E-state index >= 15 is 0 Å². The first-order valence-corrected chi connectivity index (χ1v) is 6.30. The molecule has 1 saturated heterocycles. The Kier molecular flexibility index (Phi) is 3.53. The highest BCUT2D eigenvalue weighted by Gasteiger charge is 2.25. The molecule has 4 heteroatoms.